The van der Waals surface area contributed by atoms with Crippen LogP contribution in [0.5, 0.6) is 0 Å². The lowest BCUT2D eigenvalue weighted by Gasteiger charge is -2.06. The fraction of sp³-hybridized carbons (Fsp3) is 0.250. The molecule has 0 atom stereocenters. The van der Waals surface area contributed by atoms with Crippen LogP contribution in [0.4, 0.5) is 0 Å². The van der Waals surface area contributed by atoms with Crippen molar-refractivity contribution in [2.24, 2.45) is 0 Å². The van der Waals surface area contributed by atoms with Crippen molar-refractivity contribution < 1.29 is 14.7 Å². The van der Waals surface area contributed by atoms with Crippen molar-refractivity contribution in [2.45, 2.75) is 13.5 Å². The average Bonchev–Trinajstić information content (AvgIpc) is 2.97. The molecule has 0 fully saturated rings. The summed E-state index contributed by atoms with van der Waals surface area (Å²) in [5.74, 6) is -0.318. The van der Waals surface area contributed by atoms with E-state index in [1.165, 1.54) is 11.3 Å². The lowest BCUT2D eigenvalue weighted by molar-refractivity contribution is 0.0939. The van der Waals surface area contributed by atoms with Gasteiger partial charge in [-0.2, -0.15) is 0 Å². The van der Waals surface area contributed by atoms with Gasteiger partial charge in [-0.1, -0.05) is 12.1 Å². The Morgan fingerprint density at radius 2 is 1.77 bits per heavy atom. The Hall–Kier alpha value is -2.18. The van der Waals surface area contributed by atoms with Gasteiger partial charge in [0.2, 0.25) is 0 Å². The molecule has 0 aliphatic rings. The van der Waals surface area contributed by atoms with E-state index in [-0.39, 0.29) is 25.0 Å². The molecule has 2 aromatic rings. The maximum atomic E-state index is 11.9. The summed E-state index contributed by atoms with van der Waals surface area (Å²) < 4.78 is 0. The minimum absolute atomic E-state index is 0.0853. The highest BCUT2D eigenvalue weighted by atomic mass is 32.1. The highest BCUT2D eigenvalue weighted by Gasteiger charge is 2.08. The maximum absolute atomic E-state index is 11.9. The number of carbonyl (C=O) groups excluding carboxylic acids is 2. The highest BCUT2D eigenvalue weighted by molar-refractivity contribution is 7.13. The van der Waals surface area contributed by atoms with Crippen LogP contribution in [0.2, 0.25) is 0 Å². The molecule has 2 amide bonds. The smallest absolute Gasteiger partial charge is 0.261 e. The van der Waals surface area contributed by atoms with Crippen LogP contribution in [0.1, 0.15) is 30.5 Å². The van der Waals surface area contributed by atoms with E-state index >= 15 is 0 Å². The molecule has 116 valence electrons. The van der Waals surface area contributed by atoms with Crippen LogP contribution >= 0.6 is 11.3 Å². The van der Waals surface area contributed by atoms with E-state index in [0.29, 0.717) is 17.0 Å². The van der Waals surface area contributed by atoms with E-state index in [1.807, 2.05) is 19.1 Å². The zero-order valence-corrected chi connectivity index (χ0v) is 13.1. The number of hydrogen-bond donors (Lipinski definition) is 3. The fourth-order valence-corrected chi connectivity index (χ4v) is 2.66. The van der Waals surface area contributed by atoms with E-state index < -0.39 is 0 Å². The predicted molar refractivity (Wildman–Crippen MR) is 86.1 cm³/mol. The molecule has 0 bridgehead atoms. The summed E-state index contributed by atoms with van der Waals surface area (Å²) in [6.07, 6.45) is 0. The molecular weight excluding hydrogens is 300 g/mol. The number of aryl methyl sites for hydroxylation is 1. The highest BCUT2D eigenvalue weighted by Crippen LogP contribution is 2.14. The number of aliphatic hydroxyl groups is 1. The van der Waals surface area contributed by atoms with E-state index in [4.69, 9.17) is 5.11 Å². The second kappa shape index (κ2) is 7.72. The van der Waals surface area contributed by atoms with Gasteiger partial charge in [-0.3, -0.25) is 9.59 Å². The van der Waals surface area contributed by atoms with Crippen molar-refractivity contribution >= 4 is 23.2 Å². The molecule has 0 saturated carbocycles. The summed E-state index contributed by atoms with van der Waals surface area (Å²) in [6.45, 7) is 2.52. The van der Waals surface area contributed by atoms with Gasteiger partial charge in [-0.15, -0.1) is 11.3 Å². The number of carbonyl (C=O) groups is 2. The minimum atomic E-state index is -0.223. The topological polar surface area (TPSA) is 78.4 Å². The Morgan fingerprint density at radius 3 is 2.36 bits per heavy atom. The van der Waals surface area contributed by atoms with E-state index in [9.17, 15) is 9.59 Å². The first-order chi connectivity index (χ1) is 10.6. The Balaban J connectivity index is 1.88. The molecule has 5 nitrogen and oxygen atoms in total. The van der Waals surface area contributed by atoms with Gasteiger partial charge in [0.05, 0.1) is 11.5 Å². The molecule has 0 radical (unpaired) electrons. The molecule has 0 saturated heterocycles. The quantitative estimate of drug-likeness (QED) is 0.759. The normalized spacial score (nSPS) is 10.3. The van der Waals surface area contributed by atoms with Crippen molar-refractivity contribution in [2.75, 3.05) is 13.2 Å². The molecule has 0 aliphatic carbocycles. The van der Waals surface area contributed by atoms with Crippen LogP contribution in [0, 0.1) is 6.92 Å². The first-order valence-electron chi connectivity index (χ1n) is 6.93. The third-order valence-electron chi connectivity index (χ3n) is 3.03. The Morgan fingerprint density at radius 1 is 1.05 bits per heavy atom. The first kappa shape index (κ1) is 16.2. The van der Waals surface area contributed by atoms with Crippen molar-refractivity contribution in [3.8, 4) is 0 Å². The predicted octanol–water partition coefficient (Wildman–Crippen LogP) is 1.71. The van der Waals surface area contributed by atoms with Gasteiger partial charge in [-0.05, 0) is 36.8 Å². The van der Waals surface area contributed by atoms with Gasteiger partial charge in [0.1, 0.15) is 0 Å². The van der Waals surface area contributed by atoms with Gasteiger partial charge in [-0.25, -0.2) is 0 Å². The van der Waals surface area contributed by atoms with Crippen LogP contribution in [0.3, 0.4) is 0 Å². The third kappa shape index (κ3) is 4.41. The Bertz CT molecular complexity index is 650. The molecular formula is C16H18N2O3S. The van der Waals surface area contributed by atoms with E-state index in [0.717, 1.165) is 10.4 Å². The van der Waals surface area contributed by atoms with Gasteiger partial charge < -0.3 is 15.7 Å². The molecule has 1 heterocycles. The summed E-state index contributed by atoms with van der Waals surface area (Å²) >= 11 is 1.46. The number of benzene rings is 1. The third-order valence-corrected chi connectivity index (χ3v) is 4.03. The van der Waals surface area contributed by atoms with Crippen molar-refractivity contribution in [1.29, 1.82) is 0 Å². The summed E-state index contributed by atoms with van der Waals surface area (Å²) in [6, 6.07) is 10.7. The largest absolute Gasteiger partial charge is 0.395 e. The SMILES string of the molecule is Cc1ccc(C(=O)NCc2ccc(C(=O)NCCO)cc2)s1. The van der Waals surface area contributed by atoms with Crippen LogP contribution in [0.25, 0.3) is 0 Å². The summed E-state index contributed by atoms with van der Waals surface area (Å²) in [5.41, 5.74) is 1.44. The molecule has 0 unspecified atom stereocenters. The molecule has 22 heavy (non-hydrogen) atoms. The van der Waals surface area contributed by atoms with Crippen LogP contribution in [-0.4, -0.2) is 30.1 Å². The number of thiophene rings is 1. The number of rotatable bonds is 6. The molecule has 1 aromatic carbocycles. The number of aliphatic hydroxyl groups excluding tert-OH is 1. The monoisotopic (exact) mass is 318 g/mol. The standard InChI is InChI=1S/C16H18N2O3S/c1-11-2-7-14(22-11)16(21)18-10-12-3-5-13(6-4-12)15(20)17-8-9-19/h2-7,19H,8-10H2,1H3,(H,17,20)(H,18,21). The second-order valence-electron chi connectivity index (χ2n) is 4.77. The van der Waals surface area contributed by atoms with Crippen LogP contribution in [-0.2, 0) is 6.54 Å². The zero-order valence-electron chi connectivity index (χ0n) is 12.3. The molecule has 0 aliphatic heterocycles. The van der Waals surface area contributed by atoms with Gasteiger partial charge >= 0.3 is 0 Å². The minimum Gasteiger partial charge on any atom is -0.395 e. The second-order valence-corrected chi connectivity index (χ2v) is 6.06. The van der Waals surface area contributed by atoms with E-state index in [2.05, 4.69) is 10.6 Å². The number of nitrogens with one attached hydrogen (secondary N) is 2. The molecule has 0 spiro atoms. The van der Waals surface area contributed by atoms with E-state index in [1.54, 1.807) is 24.3 Å². The first-order valence-corrected chi connectivity index (χ1v) is 7.74. The lowest BCUT2D eigenvalue weighted by atomic mass is 10.1. The molecule has 3 N–H and O–H groups in total. The Labute approximate surface area is 133 Å². The van der Waals surface area contributed by atoms with Crippen molar-refractivity contribution in [3.05, 3.63) is 57.3 Å². The molecule has 1 aromatic heterocycles. The lowest BCUT2D eigenvalue weighted by Crippen LogP contribution is -2.26. The van der Waals surface area contributed by atoms with Gasteiger partial charge in [0.25, 0.3) is 11.8 Å². The summed E-state index contributed by atoms with van der Waals surface area (Å²) in [4.78, 5) is 25.4. The maximum Gasteiger partial charge on any atom is 0.261 e. The summed E-state index contributed by atoms with van der Waals surface area (Å²) in [5, 5.41) is 14.1. The average molecular weight is 318 g/mol. The molecule has 6 heteroatoms. The summed E-state index contributed by atoms with van der Waals surface area (Å²) in [7, 11) is 0. The number of amides is 2. The van der Waals surface area contributed by atoms with Crippen LogP contribution < -0.4 is 10.6 Å². The number of hydrogen-bond acceptors (Lipinski definition) is 4. The zero-order chi connectivity index (χ0) is 15.9. The van der Waals surface area contributed by atoms with Gasteiger partial charge in [0, 0.05) is 23.5 Å². The van der Waals surface area contributed by atoms with Crippen molar-refractivity contribution in [3.63, 3.8) is 0 Å². The fourth-order valence-electron chi connectivity index (χ4n) is 1.87. The Kier molecular flexibility index (Phi) is 5.68. The van der Waals surface area contributed by atoms with Crippen molar-refractivity contribution in [1.82, 2.24) is 10.6 Å². The van der Waals surface area contributed by atoms with Gasteiger partial charge in [0.15, 0.2) is 0 Å². The molecule has 2 rings (SSSR count). The van der Waals surface area contributed by atoms with Crippen LogP contribution in [0.15, 0.2) is 36.4 Å².